The Morgan fingerprint density at radius 3 is 2.88 bits per heavy atom. The molecule has 0 aliphatic carbocycles. The van der Waals surface area contributed by atoms with Crippen molar-refractivity contribution in [3.63, 3.8) is 0 Å². The first kappa shape index (κ1) is 11.1. The molecule has 1 aliphatic heterocycles. The molecule has 1 aromatic rings. The van der Waals surface area contributed by atoms with Crippen LogP contribution in [0.3, 0.4) is 0 Å². The number of nitrogens with one attached hydrogen (secondary N) is 1. The van der Waals surface area contributed by atoms with Crippen LogP contribution in [0.25, 0.3) is 0 Å². The lowest BCUT2D eigenvalue weighted by atomic mass is 10.2. The molecule has 0 saturated carbocycles. The number of aryl methyl sites for hydroxylation is 1. The Hall–Kier alpha value is -1.43. The monoisotopic (exact) mass is 224 g/mol. The fourth-order valence-corrected chi connectivity index (χ4v) is 2.25. The smallest absolute Gasteiger partial charge is 0.312 e. The maximum atomic E-state index is 10.8. The molecule has 6 heteroatoms. The minimum Gasteiger partial charge on any atom is -0.312 e. The standard InChI is InChI=1S/C10H16N4O2/c1-7-10(14(15)16)8(2)13(12-7)6-9-4-3-5-11-9/h9,11H,3-6H2,1-2H3/t9-/m0/s1. The largest absolute Gasteiger partial charge is 0.312 e. The summed E-state index contributed by atoms with van der Waals surface area (Å²) in [5.41, 5.74) is 1.30. The second-order valence-electron chi connectivity index (χ2n) is 4.25. The summed E-state index contributed by atoms with van der Waals surface area (Å²) in [6, 6.07) is 0.401. The van der Waals surface area contributed by atoms with Gasteiger partial charge in [0.05, 0.1) is 11.5 Å². The third kappa shape index (κ3) is 1.92. The Kier molecular flexibility index (Phi) is 2.91. The maximum absolute atomic E-state index is 10.8. The second-order valence-corrected chi connectivity index (χ2v) is 4.25. The number of nitro groups is 1. The van der Waals surface area contributed by atoms with Gasteiger partial charge in [-0.05, 0) is 33.2 Å². The lowest BCUT2D eigenvalue weighted by molar-refractivity contribution is -0.386. The van der Waals surface area contributed by atoms with E-state index >= 15 is 0 Å². The first-order valence-electron chi connectivity index (χ1n) is 5.51. The van der Waals surface area contributed by atoms with Crippen LogP contribution in [0.5, 0.6) is 0 Å². The topological polar surface area (TPSA) is 73.0 Å². The van der Waals surface area contributed by atoms with E-state index in [9.17, 15) is 10.1 Å². The molecule has 6 nitrogen and oxygen atoms in total. The van der Waals surface area contributed by atoms with Crippen molar-refractivity contribution in [2.45, 2.75) is 39.3 Å². The molecule has 0 unspecified atom stereocenters. The van der Waals surface area contributed by atoms with Gasteiger partial charge < -0.3 is 5.32 Å². The number of nitrogens with zero attached hydrogens (tertiary/aromatic N) is 3. The third-order valence-electron chi connectivity index (χ3n) is 3.08. The number of aromatic nitrogens is 2. The highest BCUT2D eigenvalue weighted by Gasteiger charge is 2.24. The van der Waals surface area contributed by atoms with Gasteiger partial charge >= 0.3 is 5.69 Å². The summed E-state index contributed by atoms with van der Waals surface area (Å²) in [6.07, 6.45) is 2.29. The predicted octanol–water partition coefficient (Wildman–Crippen LogP) is 1.16. The van der Waals surface area contributed by atoms with Crippen LogP contribution in [0, 0.1) is 24.0 Å². The maximum Gasteiger partial charge on any atom is 0.312 e. The summed E-state index contributed by atoms with van der Waals surface area (Å²) in [4.78, 5) is 10.5. The highest BCUT2D eigenvalue weighted by atomic mass is 16.6. The van der Waals surface area contributed by atoms with E-state index in [1.54, 1.807) is 18.5 Å². The van der Waals surface area contributed by atoms with Gasteiger partial charge in [-0.2, -0.15) is 5.10 Å². The van der Waals surface area contributed by atoms with Gasteiger partial charge in [0.1, 0.15) is 11.4 Å². The van der Waals surface area contributed by atoms with Crippen LogP contribution in [-0.4, -0.2) is 27.3 Å². The lowest BCUT2D eigenvalue weighted by Gasteiger charge is -2.10. The van der Waals surface area contributed by atoms with Crippen molar-refractivity contribution in [3.8, 4) is 0 Å². The van der Waals surface area contributed by atoms with Crippen LogP contribution in [0.15, 0.2) is 0 Å². The average Bonchev–Trinajstić information content (AvgIpc) is 2.76. The van der Waals surface area contributed by atoms with Gasteiger partial charge in [-0.25, -0.2) is 0 Å². The summed E-state index contributed by atoms with van der Waals surface area (Å²) in [7, 11) is 0. The average molecular weight is 224 g/mol. The molecule has 2 heterocycles. The van der Waals surface area contributed by atoms with Crippen LogP contribution in [-0.2, 0) is 6.54 Å². The summed E-state index contributed by atoms with van der Waals surface area (Å²) in [5, 5.41) is 18.4. The Balaban J connectivity index is 2.21. The van der Waals surface area contributed by atoms with Crippen molar-refractivity contribution in [1.29, 1.82) is 0 Å². The minimum atomic E-state index is -0.351. The van der Waals surface area contributed by atoms with Crippen molar-refractivity contribution < 1.29 is 4.92 Å². The van der Waals surface area contributed by atoms with Gasteiger partial charge in [0, 0.05) is 6.04 Å². The van der Waals surface area contributed by atoms with Crippen LogP contribution >= 0.6 is 0 Å². The van der Waals surface area contributed by atoms with E-state index in [2.05, 4.69) is 10.4 Å². The van der Waals surface area contributed by atoms with Gasteiger partial charge in [-0.1, -0.05) is 0 Å². The summed E-state index contributed by atoms with van der Waals surface area (Å²) >= 11 is 0. The highest BCUT2D eigenvalue weighted by molar-refractivity contribution is 5.39. The van der Waals surface area contributed by atoms with E-state index < -0.39 is 0 Å². The first-order valence-corrected chi connectivity index (χ1v) is 5.51. The zero-order valence-corrected chi connectivity index (χ0v) is 9.56. The van der Waals surface area contributed by atoms with Gasteiger partial charge in [0.2, 0.25) is 0 Å². The molecule has 0 radical (unpaired) electrons. The summed E-state index contributed by atoms with van der Waals surface area (Å²) < 4.78 is 1.75. The van der Waals surface area contributed by atoms with Crippen LogP contribution in [0.4, 0.5) is 5.69 Å². The van der Waals surface area contributed by atoms with Gasteiger partial charge in [0.15, 0.2) is 0 Å². The van der Waals surface area contributed by atoms with Crippen LogP contribution in [0.2, 0.25) is 0 Å². The number of rotatable bonds is 3. The van der Waals surface area contributed by atoms with E-state index in [1.807, 2.05) is 0 Å². The van der Waals surface area contributed by atoms with E-state index in [1.165, 1.54) is 6.42 Å². The number of hydrogen-bond acceptors (Lipinski definition) is 4. The molecule has 0 spiro atoms. The Morgan fingerprint density at radius 2 is 2.38 bits per heavy atom. The van der Waals surface area contributed by atoms with E-state index in [0.717, 1.165) is 19.5 Å². The van der Waals surface area contributed by atoms with Crippen molar-refractivity contribution in [3.05, 3.63) is 21.5 Å². The molecule has 1 atom stereocenters. The molecule has 0 bridgehead atoms. The Labute approximate surface area is 93.8 Å². The zero-order chi connectivity index (χ0) is 11.7. The molecule has 1 saturated heterocycles. The molecule has 16 heavy (non-hydrogen) atoms. The predicted molar refractivity (Wildman–Crippen MR) is 59.4 cm³/mol. The molecule has 1 N–H and O–H groups in total. The Morgan fingerprint density at radius 1 is 1.62 bits per heavy atom. The molecule has 0 aromatic carbocycles. The van der Waals surface area contributed by atoms with Crippen molar-refractivity contribution >= 4 is 5.69 Å². The summed E-state index contributed by atoms with van der Waals surface area (Å²) in [5.74, 6) is 0. The zero-order valence-electron chi connectivity index (χ0n) is 9.56. The van der Waals surface area contributed by atoms with Crippen LogP contribution < -0.4 is 5.32 Å². The van der Waals surface area contributed by atoms with E-state index in [0.29, 0.717) is 17.4 Å². The van der Waals surface area contributed by atoms with Crippen molar-refractivity contribution in [1.82, 2.24) is 15.1 Å². The molecular formula is C10H16N4O2. The SMILES string of the molecule is Cc1nn(C[C@@H]2CCCN2)c(C)c1[N+](=O)[O-]. The molecule has 2 rings (SSSR count). The molecule has 1 fully saturated rings. The normalized spacial score (nSPS) is 20.2. The minimum absolute atomic E-state index is 0.151. The third-order valence-corrected chi connectivity index (χ3v) is 3.08. The molecule has 0 amide bonds. The second kappa shape index (κ2) is 4.21. The van der Waals surface area contributed by atoms with Crippen molar-refractivity contribution in [2.75, 3.05) is 6.54 Å². The van der Waals surface area contributed by atoms with E-state index in [4.69, 9.17) is 0 Å². The fraction of sp³-hybridized carbons (Fsp3) is 0.700. The highest BCUT2D eigenvalue weighted by Crippen LogP contribution is 2.22. The fourth-order valence-electron chi connectivity index (χ4n) is 2.25. The van der Waals surface area contributed by atoms with Crippen LogP contribution in [0.1, 0.15) is 24.2 Å². The van der Waals surface area contributed by atoms with Gasteiger partial charge in [-0.3, -0.25) is 14.8 Å². The van der Waals surface area contributed by atoms with E-state index in [-0.39, 0.29) is 10.6 Å². The quantitative estimate of drug-likeness (QED) is 0.617. The Bertz CT molecular complexity index is 407. The molecular weight excluding hydrogens is 208 g/mol. The molecule has 1 aromatic heterocycles. The molecule has 1 aliphatic rings. The van der Waals surface area contributed by atoms with Gasteiger partial charge in [0.25, 0.3) is 0 Å². The van der Waals surface area contributed by atoms with Gasteiger partial charge in [-0.15, -0.1) is 0 Å². The first-order chi connectivity index (χ1) is 7.59. The molecule has 88 valence electrons. The van der Waals surface area contributed by atoms with Crippen molar-refractivity contribution in [2.24, 2.45) is 0 Å². The lowest BCUT2D eigenvalue weighted by Crippen LogP contribution is -2.27. The summed E-state index contributed by atoms with van der Waals surface area (Å²) in [6.45, 7) is 5.20. The number of hydrogen-bond donors (Lipinski definition) is 1.